The van der Waals surface area contributed by atoms with Crippen molar-refractivity contribution in [1.29, 1.82) is 0 Å². The summed E-state index contributed by atoms with van der Waals surface area (Å²) in [6, 6.07) is 21.9. The molecular weight excluding hydrogens is 651 g/mol. The van der Waals surface area contributed by atoms with Gasteiger partial charge in [0.05, 0.1) is 11.7 Å². The van der Waals surface area contributed by atoms with Gasteiger partial charge in [-0.1, -0.05) is 131 Å². The van der Waals surface area contributed by atoms with Gasteiger partial charge in [0.25, 0.3) is 8.32 Å². The lowest BCUT2D eigenvalue weighted by Gasteiger charge is -2.53. The zero-order valence-corrected chi connectivity index (χ0v) is 29.9. The maximum atomic E-state index is 7.43. The van der Waals surface area contributed by atoms with Crippen molar-refractivity contribution in [2.75, 3.05) is 11.0 Å². The molecule has 0 amide bonds. The summed E-state index contributed by atoms with van der Waals surface area (Å²) in [7, 11) is -2.64. The Bertz CT molecular complexity index is 1180. The first-order valence-electron chi connectivity index (χ1n) is 16.0. The van der Waals surface area contributed by atoms with E-state index in [4.69, 9.17) is 18.6 Å². The molecule has 2 aromatic carbocycles. The predicted octanol–water partition coefficient (Wildman–Crippen LogP) is 8.02. The fourth-order valence-corrected chi connectivity index (χ4v) is 12.9. The SMILES string of the molecule is CC[C@@H](CO[Si](c1ccccc1)(c1ccccc1)C(C)(C)C)[C@H]1O[C@@]2(C=CC[C@@]3(CC[C@@](C)(CI)O3)O2)[C@H](C)C[C@@H]1C. The minimum atomic E-state index is -2.64. The molecular formula is C36H51IO4Si. The molecule has 3 aliphatic heterocycles. The van der Waals surface area contributed by atoms with E-state index in [1.54, 1.807) is 0 Å². The Morgan fingerprint density at radius 1 is 0.976 bits per heavy atom. The van der Waals surface area contributed by atoms with Crippen LogP contribution in [0.25, 0.3) is 0 Å². The highest BCUT2D eigenvalue weighted by Crippen LogP contribution is 2.52. The fraction of sp³-hybridized carbons (Fsp3) is 0.611. The first-order chi connectivity index (χ1) is 19.9. The van der Waals surface area contributed by atoms with E-state index >= 15 is 0 Å². The Balaban J connectivity index is 1.44. The lowest BCUT2D eigenvalue weighted by molar-refractivity contribution is -0.388. The lowest BCUT2D eigenvalue weighted by Crippen LogP contribution is -2.67. The Kier molecular flexibility index (Phi) is 9.55. The van der Waals surface area contributed by atoms with Crippen LogP contribution in [0.3, 0.4) is 0 Å². The number of hydrogen-bond acceptors (Lipinski definition) is 4. The third-order valence-corrected chi connectivity index (χ3v) is 16.7. The average molecular weight is 703 g/mol. The first-order valence-corrected chi connectivity index (χ1v) is 19.4. The maximum Gasteiger partial charge on any atom is 0.261 e. The molecule has 7 atom stereocenters. The summed E-state index contributed by atoms with van der Waals surface area (Å²) in [5.41, 5.74) is -0.146. The molecule has 0 radical (unpaired) electrons. The van der Waals surface area contributed by atoms with E-state index in [1.807, 2.05) is 0 Å². The molecule has 0 bridgehead atoms. The summed E-state index contributed by atoms with van der Waals surface area (Å²) in [5, 5.41) is 2.58. The Labute approximate surface area is 269 Å². The van der Waals surface area contributed by atoms with E-state index in [9.17, 15) is 0 Å². The van der Waals surface area contributed by atoms with Gasteiger partial charge in [0.2, 0.25) is 0 Å². The second kappa shape index (κ2) is 12.4. The van der Waals surface area contributed by atoms with Crippen LogP contribution >= 0.6 is 22.6 Å². The quantitative estimate of drug-likeness (QED) is 0.121. The zero-order chi connectivity index (χ0) is 30.2. The van der Waals surface area contributed by atoms with Crippen molar-refractivity contribution < 1.29 is 18.6 Å². The summed E-state index contributed by atoms with van der Waals surface area (Å²) >= 11 is 2.44. The van der Waals surface area contributed by atoms with Crippen molar-refractivity contribution in [3.8, 4) is 0 Å². The van der Waals surface area contributed by atoms with Crippen molar-refractivity contribution >= 4 is 41.3 Å². The Hall–Kier alpha value is -1.03. The van der Waals surface area contributed by atoms with E-state index in [0.29, 0.717) is 12.5 Å². The first kappa shape index (κ1) is 32.4. The molecule has 6 heteroatoms. The van der Waals surface area contributed by atoms with Crippen molar-refractivity contribution in [3.05, 3.63) is 72.8 Å². The molecule has 3 aliphatic rings. The number of alkyl halides is 1. The average Bonchev–Trinajstić information content (AvgIpc) is 3.29. The molecule has 0 aliphatic carbocycles. The van der Waals surface area contributed by atoms with Crippen LogP contribution in [0.1, 0.15) is 80.6 Å². The largest absolute Gasteiger partial charge is 0.407 e. The molecule has 2 fully saturated rings. The monoisotopic (exact) mass is 702 g/mol. The Morgan fingerprint density at radius 2 is 1.60 bits per heavy atom. The molecule has 2 saturated heterocycles. The van der Waals surface area contributed by atoms with Crippen LogP contribution in [-0.2, 0) is 18.6 Å². The van der Waals surface area contributed by atoms with E-state index in [0.717, 1.165) is 36.5 Å². The highest BCUT2D eigenvalue weighted by Gasteiger charge is 2.57. The minimum absolute atomic E-state index is 0.0292. The molecule has 2 spiro atoms. The van der Waals surface area contributed by atoms with E-state index < -0.39 is 19.9 Å². The normalized spacial score (nSPS) is 34.2. The highest BCUT2D eigenvalue weighted by atomic mass is 127. The van der Waals surface area contributed by atoms with Gasteiger partial charge in [-0.25, -0.2) is 0 Å². The third-order valence-electron chi connectivity index (χ3n) is 10.1. The van der Waals surface area contributed by atoms with Crippen molar-refractivity contribution in [2.24, 2.45) is 17.8 Å². The molecule has 42 heavy (non-hydrogen) atoms. The highest BCUT2D eigenvalue weighted by molar-refractivity contribution is 14.1. The summed E-state index contributed by atoms with van der Waals surface area (Å²) in [4.78, 5) is 0. The van der Waals surface area contributed by atoms with Crippen molar-refractivity contribution in [2.45, 2.75) is 109 Å². The van der Waals surface area contributed by atoms with Gasteiger partial charge >= 0.3 is 0 Å². The minimum Gasteiger partial charge on any atom is -0.407 e. The van der Waals surface area contributed by atoms with Gasteiger partial charge in [-0.05, 0) is 53.6 Å². The molecule has 230 valence electrons. The summed E-state index contributed by atoms with van der Waals surface area (Å²) in [6.07, 6.45) is 9.21. The van der Waals surface area contributed by atoms with Crippen molar-refractivity contribution in [1.82, 2.24) is 0 Å². The molecule has 3 heterocycles. The molecule has 0 saturated carbocycles. The van der Waals surface area contributed by atoms with E-state index in [1.165, 1.54) is 10.4 Å². The topological polar surface area (TPSA) is 36.9 Å². The van der Waals surface area contributed by atoms with Crippen LogP contribution < -0.4 is 10.4 Å². The molecule has 0 aromatic heterocycles. The number of hydrogen-bond donors (Lipinski definition) is 0. The summed E-state index contributed by atoms with van der Waals surface area (Å²) < 4.78 is 29.3. The third kappa shape index (κ3) is 5.97. The van der Waals surface area contributed by atoms with Crippen LogP contribution in [0.15, 0.2) is 72.8 Å². The van der Waals surface area contributed by atoms with Gasteiger partial charge in [0.15, 0.2) is 11.6 Å². The number of ether oxygens (including phenoxy) is 3. The molecule has 5 rings (SSSR count). The van der Waals surface area contributed by atoms with Gasteiger partial charge in [-0.2, -0.15) is 0 Å². The number of benzene rings is 2. The fourth-order valence-electron chi connectivity index (χ4n) is 7.71. The van der Waals surface area contributed by atoms with Crippen LogP contribution in [-0.4, -0.2) is 42.6 Å². The molecule has 0 N–H and O–H groups in total. The predicted molar refractivity (Wildman–Crippen MR) is 183 cm³/mol. The molecule has 2 aromatic rings. The van der Waals surface area contributed by atoms with Crippen LogP contribution in [0.4, 0.5) is 0 Å². The van der Waals surface area contributed by atoms with Gasteiger partial charge in [0, 0.05) is 35.7 Å². The smallest absolute Gasteiger partial charge is 0.261 e. The maximum absolute atomic E-state index is 7.43. The van der Waals surface area contributed by atoms with Crippen LogP contribution in [0.2, 0.25) is 5.04 Å². The zero-order valence-electron chi connectivity index (χ0n) is 26.7. The van der Waals surface area contributed by atoms with Gasteiger partial charge in [0.1, 0.15) is 0 Å². The van der Waals surface area contributed by atoms with Gasteiger partial charge in [-0.15, -0.1) is 0 Å². The number of halogens is 1. The van der Waals surface area contributed by atoms with E-state index in [2.05, 4.69) is 144 Å². The summed E-state index contributed by atoms with van der Waals surface area (Å²) in [5.74, 6) is -0.484. The van der Waals surface area contributed by atoms with Gasteiger partial charge in [-0.3, -0.25) is 0 Å². The number of rotatable bonds is 8. The molecule has 0 unspecified atom stereocenters. The van der Waals surface area contributed by atoms with Crippen LogP contribution in [0.5, 0.6) is 0 Å². The van der Waals surface area contributed by atoms with E-state index in [-0.39, 0.29) is 28.6 Å². The van der Waals surface area contributed by atoms with Crippen LogP contribution in [0, 0.1) is 17.8 Å². The second-order valence-corrected chi connectivity index (χ2v) is 19.4. The van der Waals surface area contributed by atoms with Gasteiger partial charge < -0.3 is 18.6 Å². The lowest BCUT2D eigenvalue weighted by atomic mass is 9.78. The summed E-state index contributed by atoms with van der Waals surface area (Å²) in [6.45, 7) is 16.8. The molecule has 4 nitrogen and oxygen atoms in total. The van der Waals surface area contributed by atoms with Crippen molar-refractivity contribution in [3.63, 3.8) is 0 Å². The standard InChI is InChI=1S/C36H51IO4Si/c1-8-29(25-38-42(33(4,5)6,30-16-11-9-12-17-30)31-18-13-10-14-19-31)32-27(2)24-28(3)36(39-32)21-15-20-35(41-36)23-22-34(7,26-37)40-35/h9-19,21,27-29,32H,8,20,22-26H2,1-7H3/t27-,28+,29-,32-,34-,35-,36+/m0/s1. The second-order valence-electron chi connectivity index (χ2n) is 14.4. The Morgan fingerprint density at radius 3 is 2.12 bits per heavy atom.